The van der Waals surface area contributed by atoms with Gasteiger partial charge in [-0.15, -0.1) is 0 Å². The zero-order chi connectivity index (χ0) is 22.9. The second kappa shape index (κ2) is 11.2. The summed E-state index contributed by atoms with van der Waals surface area (Å²) in [7, 11) is 0. The number of aromatic amines is 1. The molecular weight excluding hydrogens is 410 g/mol. The summed E-state index contributed by atoms with van der Waals surface area (Å²) in [6.07, 6.45) is 3.96. The molecule has 1 aromatic carbocycles. The number of hydrogen-bond donors (Lipinski definition) is 2. The second-order valence-electron chi connectivity index (χ2n) is 7.83. The summed E-state index contributed by atoms with van der Waals surface area (Å²) in [6.45, 7) is 4.81. The number of amides is 1. The number of aliphatic carboxylic acids is 1. The average Bonchev–Trinajstić information content (AvgIpc) is 3.46. The van der Waals surface area contributed by atoms with Crippen LogP contribution < -0.4 is 4.74 Å². The number of carbonyl (C=O) groups is 2. The van der Waals surface area contributed by atoms with Crippen molar-refractivity contribution < 1.29 is 23.8 Å². The number of carbonyl (C=O) groups excluding carboxylic acids is 1. The number of H-pyrrole nitrogens is 1. The van der Waals surface area contributed by atoms with Gasteiger partial charge in [0.1, 0.15) is 11.4 Å². The van der Waals surface area contributed by atoms with Gasteiger partial charge < -0.3 is 19.2 Å². The fraction of sp³-hybridized carbons (Fsp3) is 0.375. The zero-order valence-electron chi connectivity index (χ0n) is 18.4. The van der Waals surface area contributed by atoms with E-state index in [9.17, 15) is 9.59 Å². The summed E-state index contributed by atoms with van der Waals surface area (Å²) in [5.74, 6) is 0.387. The lowest BCUT2D eigenvalue weighted by Gasteiger charge is -2.27. The van der Waals surface area contributed by atoms with E-state index in [1.54, 1.807) is 29.4 Å². The number of nitrogens with zero attached hydrogens (tertiary/aromatic N) is 2. The molecule has 170 valence electrons. The molecule has 0 atom stereocenters. The second-order valence-corrected chi connectivity index (χ2v) is 7.83. The van der Waals surface area contributed by atoms with E-state index in [4.69, 9.17) is 14.3 Å². The van der Waals surface area contributed by atoms with Crippen LogP contribution in [-0.2, 0) is 11.3 Å². The van der Waals surface area contributed by atoms with Gasteiger partial charge in [0.2, 0.25) is 0 Å². The normalized spacial score (nSPS) is 11.0. The highest BCUT2D eigenvalue weighted by Crippen LogP contribution is 2.24. The molecule has 0 aliphatic carbocycles. The van der Waals surface area contributed by atoms with E-state index >= 15 is 0 Å². The SMILES string of the molecule is CC(C)N(Cc1ccccc1OCCCCCC(=O)O)C(=O)c1cc(-c2ccco2)[nH]n1. The Balaban J connectivity index is 1.64. The topological polar surface area (TPSA) is 109 Å². The molecule has 2 aromatic heterocycles. The minimum atomic E-state index is -0.775. The van der Waals surface area contributed by atoms with Crippen LogP contribution in [0.1, 0.15) is 55.6 Å². The summed E-state index contributed by atoms with van der Waals surface area (Å²) in [4.78, 5) is 25.5. The predicted molar refractivity (Wildman–Crippen MR) is 119 cm³/mol. The molecule has 8 nitrogen and oxygen atoms in total. The number of unbranched alkanes of at least 4 members (excludes halogenated alkanes) is 2. The van der Waals surface area contributed by atoms with Gasteiger partial charge in [-0.25, -0.2) is 0 Å². The minimum absolute atomic E-state index is 0.0460. The van der Waals surface area contributed by atoms with E-state index in [-0.39, 0.29) is 18.4 Å². The van der Waals surface area contributed by atoms with Gasteiger partial charge in [-0.05, 0) is 51.3 Å². The highest BCUT2D eigenvalue weighted by Gasteiger charge is 2.23. The van der Waals surface area contributed by atoms with Crippen LogP contribution in [0.15, 0.2) is 53.1 Å². The van der Waals surface area contributed by atoms with Crippen molar-refractivity contribution in [3.05, 3.63) is 60.0 Å². The van der Waals surface area contributed by atoms with E-state index in [1.807, 2.05) is 38.1 Å². The Labute approximate surface area is 187 Å². The summed E-state index contributed by atoms with van der Waals surface area (Å²) in [5.41, 5.74) is 1.87. The van der Waals surface area contributed by atoms with Crippen molar-refractivity contribution in [2.75, 3.05) is 6.61 Å². The monoisotopic (exact) mass is 439 g/mol. The Morgan fingerprint density at radius 1 is 1.16 bits per heavy atom. The van der Waals surface area contributed by atoms with Gasteiger partial charge in [0.25, 0.3) is 5.91 Å². The lowest BCUT2D eigenvalue weighted by Crippen LogP contribution is -2.36. The lowest BCUT2D eigenvalue weighted by molar-refractivity contribution is -0.137. The zero-order valence-corrected chi connectivity index (χ0v) is 18.4. The smallest absolute Gasteiger partial charge is 0.303 e. The van der Waals surface area contributed by atoms with Gasteiger partial charge in [0.15, 0.2) is 11.5 Å². The number of ether oxygens (including phenoxy) is 1. The van der Waals surface area contributed by atoms with Gasteiger partial charge in [0.05, 0.1) is 12.9 Å². The quantitative estimate of drug-likeness (QED) is 0.395. The molecule has 8 heteroatoms. The first kappa shape index (κ1) is 23.1. The van der Waals surface area contributed by atoms with Crippen molar-refractivity contribution in [3.63, 3.8) is 0 Å². The van der Waals surface area contributed by atoms with Crippen LogP contribution in [0, 0.1) is 0 Å². The molecule has 0 saturated carbocycles. The maximum Gasteiger partial charge on any atom is 0.303 e. The molecule has 3 aromatic rings. The molecule has 0 bridgehead atoms. The van der Waals surface area contributed by atoms with Gasteiger partial charge in [-0.3, -0.25) is 14.7 Å². The molecule has 1 amide bonds. The summed E-state index contributed by atoms with van der Waals surface area (Å²) in [5, 5.41) is 15.8. The van der Waals surface area contributed by atoms with Crippen LogP contribution in [-0.4, -0.2) is 44.7 Å². The summed E-state index contributed by atoms with van der Waals surface area (Å²) < 4.78 is 11.3. The lowest BCUT2D eigenvalue weighted by atomic mass is 10.1. The number of carboxylic acids is 1. The highest BCUT2D eigenvalue weighted by atomic mass is 16.5. The van der Waals surface area contributed by atoms with Crippen LogP contribution >= 0.6 is 0 Å². The Hall–Kier alpha value is -3.55. The molecule has 0 spiro atoms. The summed E-state index contributed by atoms with van der Waals surface area (Å²) in [6, 6.07) is 12.9. The maximum atomic E-state index is 13.2. The number of hydrogen-bond acceptors (Lipinski definition) is 5. The van der Waals surface area contributed by atoms with E-state index in [2.05, 4.69) is 10.2 Å². The van der Waals surface area contributed by atoms with E-state index in [0.717, 1.165) is 24.2 Å². The number of furan rings is 1. The largest absolute Gasteiger partial charge is 0.493 e. The standard InChI is InChI=1S/C24H29N3O5/c1-17(2)27(24(30)20-15-19(25-26-20)22-11-8-14-32-22)16-18-9-5-6-10-21(18)31-13-7-3-4-12-23(28)29/h5-6,8-11,14-15,17H,3-4,7,12-13,16H2,1-2H3,(H,25,26)(H,28,29). The molecule has 2 N–H and O–H groups in total. The van der Waals surface area contributed by atoms with E-state index < -0.39 is 5.97 Å². The number of para-hydroxylation sites is 1. The predicted octanol–water partition coefficient (Wildman–Crippen LogP) is 4.74. The summed E-state index contributed by atoms with van der Waals surface area (Å²) >= 11 is 0. The van der Waals surface area contributed by atoms with Gasteiger partial charge in [0, 0.05) is 30.6 Å². The molecule has 0 aliphatic rings. The molecular formula is C24H29N3O5. The Morgan fingerprint density at radius 3 is 2.69 bits per heavy atom. The molecule has 0 fully saturated rings. The Morgan fingerprint density at radius 2 is 1.97 bits per heavy atom. The van der Waals surface area contributed by atoms with Gasteiger partial charge >= 0.3 is 5.97 Å². The minimum Gasteiger partial charge on any atom is -0.493 e. The van der Waals surface area contributed by atoms with Crippen LogP contribution in [0.4, 0.5) is 0 Å². The third kappa shape index (κ3) is 6.23. The highest BCUT2D eigenvalue weighted by molar-refractivity contribution is 5.93. The molecule has 3 rings (SSSR count). The van der Waals surface area contributed by atoms with Crippen molar-refractivity contribution in [1.29, 1.82) is 0 Å². The molecule has 0 aliphatic heterocycles. The van der Waals surface area contributed by atoms with Crippen molar-refractivity contribution in [2.45, 2.75) is 52.1 Å². The Bertz CT molecular complexity index is 1010. The number of nitrogens with one attached hydrogen (secondary N) is 1. The van der Waals surface area contributed by atoms with Gasteiger partial charge in [-0.1, -0.05) is 18.2 Å². The van der Waals surface area contributed by atoms with Crippen LogP contribution in [0.25, 0.3) is 11.5 Å². The first-order valence-electron chi connectivity index (χ1n) is 10.8. The maximum absolute atomic E-state index is 13.2. The first-order chi connectivity index (χ1) is 15.5. The van der Waals surface area contributed by atoms with Gasteiger partial charge in [-0.2, -0.15) is 5.10 Å². The third-order valence-electron chi connectivity index (χ3n) is 5.07. The van der Waals surface area contributed by atoms with Crippen molar-refractivity contribution in [1.82, 2.24) is 15.1 Å². The third-order valence-corrected chi connectivity index (χ3v) is 5.07. The van der Waals surface area contributed by atoms with Crippen molar-refractivity contribution in [3.8, 4) is 17.2 Å². The van der Waals surface area contributed by atoms with E-state index in [0.29, 0.717) is 36.7 Å². The van der Waals surface area contributed by atoms with Crippen molar-refractivity contribution in [2.24, 2.45) is 0 Å². The number of carboxylic acid groups (broad SMARTS) is 1. The van der Waals surface area contributed by atoms with Crippen LogP contribution in [0.3, 0.4) is 0 Å². The van der Waals surface area contributed by atoms with Crippen LogP contribution in [0.5, 0.6) is 5.75 Å². The average molecular weight is 440 g/mol. The molecule has 0 saturated heterocycles. The molecule has 2 heterocycles. The Kier molecular flexibility index (Phi) is 8.08. The molecule has 0 radical (unpaired) electrons. The van der Waals surface area contributed by atoms with Crippen LogP contribution in [0.2, 0.25) is 0 Å². The van der Waals surface area contributed by atoms with Crippen molar-refractivity contribution >= 4 is 11.9 Å². The first-order valence-corrected chi connectivity index (χ1v) is 10.8. The molecule has 32 heavy (non-hydrogen) atoms. The fourth-order valence-electron chi connectivity index (χ4n) is 3.32. The fourth-order valence-corrected chi connectivity index (χ4v) is 3.32. The number of benzene rings is 1. The molecule has 0 unspecified atom stereocenters. The number of rotatable bonds is 12. The number of aromatic nitrogens is 2. The van der Waals surface area contributed by atoms with E-state index in [1.165, 1.54) is 0 Å².